The van der Waals surface area contributed by atoms with Gasteiger partial charge in [-0.15, -0.1) is 22.7 Å². The largest absolute Gasteiger partial charge is 0.460 e. The van der Waals surface area contributed by atoms with Crippen LogP contribution in [0.5, 0.6) is 0 Å². The third kappa shape index (κ3) is 5.22. The van der Waals surface area contributed by atoms with Crippen molar-refractivity contribution >= 4 is 79.6 Å². The third-order valence-corrected chi connectivity index (χ3v) is 13.5. The van der Waals surface area contributed by atoms with E-state index in [0.29, 0.717) is 17.5 Å². The van der Waals surface area contributed by atoms with Gasteiger partial charge in [0, 0.05) is 74.4 Å². The molecule has 0 atom stereocenters. The molecule has 0 saturated carbocycles. The normalized spacial score (nSPS) is 12.9. The second-order valence-corrected chi connectivity index (χ2v) is 16.7. The molecule has 268 valence electrons. The van der Waals surface area contributed by atoms with Gasteiger partial charge in [-0.25, -0.2) is 15.0 Å². The molecule has 0 bridgehead atoms. The Balaban J connectivity index is 1.09. The number of aromatic nitrogens is 3. The highest BCUT2D eigenvalue weighted by Crippen LogP contribution is 2.47. The molecule has 0 unspecified atom stereocenters. The fourth-order valence-corrected chi connectivity index (χ4v) is 10.9. The molecular weight excluding hydrogens is 735 g/mol. The molecule has 4 nitrogen and oxygen atoms in total. The van der Waals surface area contributed by atoms with Crippen LogP contribution in [-0.4, -0.2) is 15.0 Å². The summed E-state index contributed by atoms with van der Waals surface area (Å²) < 4.78 is 11.8. The maximum Gasteiger partial charge on any atom is 0.164 e. The van der Waals surface area contributed by atoms with Crippen LogP contribution in [0.3, 0.4) is 0 Å². The van der Waals surface area contributed by atoms with Crippen LogP contribution >= 0.6 is 22.7 Å². The Bertz CT molecular complexity index is 3410. The third-order valence-electron chi connectivity index (χ3n) is 11.2. The molecule has 0 saturated heterocycles. The summed E-state index contributed by atoms with van der Waals surface area (Å²) in [6.07, 6.45) is 3.94. The number of thiophene rings is 2. The van der Waals surface area contributed by atoms with Crippen molar-refractivity contribution in [1.82, 2.24) is 15.0 Å². The van der Waals surface area contributed by atoms with Gasteiger partial charge in [0.1, 0.15) is 11.3 Å². The Morgan fingerprint density at radius 1 is 0.421 bits per heavy atom. The van der Waals surface area contributed by atoms with Gasteiger partial charge in [0.2, 0.25) is 0 Å². The maximum atomic E-state index is 6.76. The summed E-state index contributed by atoms with van der Waals surface area (Å²) in [5.74, 6) is 2.92. The lowest BCUT2D eigenvalue weighted by Crippen LogP contribution is -2.07. The van der Waals surface area contributed by atoms with Gasteiger partial charge in [0.25, 0.3) is 0 Å². The van der Waals surface area contributed by atoms with Crippen molar-refractivity contribution in [2.45, 2.75) is 12.8 Å². The van der Waals surface area contributed by atoms with Crippen LogP contribution in [0.1, 0.15) is 23.6 Å². The van der Waals surface area contributed by atoms with E-state index in [9.17, 15) is 0 Å². The first-order valence-electron chi connectivity index (χ1n) is 19.2. The highest BCUT2D eigenvalue weighted by molar-refractivity contribution is 7.26. The minimum absolute atomic E-state index is 0.640. The molecule has 0 aliphatic heterocycles. The number of fused-ring (bicyclic) bond motifs is 9. The smallest absolute Gasteiger partial charge is 0.164 e. The van der Waals surface area contributed by atoms with Gasteiger partial charge >= 0.3 is 0 Å². The Morgan fingerprint density at radius 3 is 1.70 bits per heavy atom. The first-order chi connectivity index (χ1) is 28.2. The Labute approximate surface area is 336 Å². The van der Waals surface area contributed by atoms with E-state index in [2.05, 4.69) is 158 Å². The summed E-state index contributed by atoms with van der Waals surface area (Å²) in [5, 5.41) is 6.04. The van der Waals surface area contributed by atoms with Gasteiger partial charge in [-0.1, -0.05) is 133 Å². The molecule has 7 aromatic carbocycles. The number of hydrogen-bond donors (Lipinski definition) is 0. The lowest BCUT2D eigenvalue weighted by Gasteiger charge is -2.16. The number of benzene rings is 7. The Morgan fingerprint density at radius 2 is 0.965 bits per heavy atom. The molecule has 4 heterocycles. The van der Waals surface area contributed by atoms with Crippen molar-refractivity contribution in [3.63, 3.8) is 0 Å². The summed E-state index contributed by atoms with van der Waals surface area (Å²) in [4.78, 5) is 16.0. The standard InChI is InChI=1S/C51H31N3OS2/c1-2-12-30(13-3-1)31-26-28-32(29-27-31)49-52-50(37-19-11-25-44-46(37)36-15-5-7-23-42(36)57-44)54-51(53-49)38-18-9-21-40-48(38)47-34(16-8-20-39(47)55-40)33-17-10-24-43-45(33)35-14-4-6-22-41(35)56-43/h1-8,10-20,22-29H,9,21H2. The van der Waals surface area contributed by atoms with Crippen LogP contribution < -0.4 is 0 Å². The van der Waals surface area contributed by atoms with Crippen LogP contribution in [0.15, 0.2) is 168 Å². The summed E-state index contributed by atoms with van der Waals surface area (Å²) in [7, 11) is 0. The summed E-state index contributed by atoms with van der Waals surface area (Å²) in [6.45, 7) is 0. The summed E-state index contributed by atoms with van der Waals surface area (Å²) >= 11 is 3.65. The van der Waals surface area contributed by atoms with Gasteiger partial charge in [0.05, 0.1) is 0 Å². The molecule has 0 amide bonds. The average molecular weight is 766 g/mol. The molecular formula is C51H31N3OS2. The zero-order valence-corrected chi connectivity index (χ0v) is 32.2. The van der Waals surface area contributed by atoms with Crippen molar-refractivity contribution in [2.24, 2.45) is 0 Å². The van der Waals surface area contributed by atoms with Crippen LogP contribution in [-0.2, 0) is 6.42 Å². The van der Waals surface area contributed by atoms with E-state index < -0.39 is 0 Å². The zero-order valence-electron chi connectivity index (χ0n) is 30.6. The minimum atomic E-state index is 0.640. The van der Waals surface area contributed by atoms with Crippen LogP contribution in [0, 0.1) is 0 Å². The molecule has 11 aromatic rings. The molecule has 1 aliphatic carbocycles. The quantitative estimate of drug-likeness (QED) is 0.175. The predicted molar refractivity (Wildman–Crippen MR) is 239 cm³/mol. The van der Waals surface area contributed by atoms with E-state index in [1.54, 1.807) is 11.3 Å². The fourth-order valence-electron chi connectivity index (χ4n) is 8.68. The van der Waals surface area contributed by atoms with Gasteiger partial charge in [-0.05, 0) is 59.0 Å². The number of aryl methyl sites for hydroxylation is 1. The molecule has 0 spiro atoms. The lowest BCUT2D eigenvalue weighted by atomic mass is 9.89. The van der Waals surface area contributed by atoms with Crippen molar-refractivity contribution in [2.75, 3.05) is 0 Å². The minimum Gasteiger partial charge on any atom is -0.460 e. The first-order valence-corrected chi connectivity index (χ1v) is 20.9. The van der Waals surface area contributed by atoms with E-state index in [4.69, 9.17) is 19.4 Å². The number of rotatable bonds is 5. The fraction of sp³-hybridized carbons (Fsp3) is 0.0392. The molecule has 0 N–H and O–H groups in total. The molecule has 4 aromatic heterocycles. The van der Waals surface area contributed by atoms with Crippen LogP contribution in [0.25, 0.3) is 102 Å². The van der Waals surface area contributed by atoms with Crippen LogP contribution in [0.4, 0.5) is 0 Å². The van der Waals surface area contributed by atoms with E-state index in [1.165, 1.54) is 51.5 Å². The summed E-state index contributed by atoms with van der Waals surface area (Å²) in [6, 6.07) is 56.0. The van der Waals surface area contributed by atoms with Crippen LogP contribution in [0.2, 0.25) is 0 Å². The molecule has 6 heteroatoms. The average Bonchev–Trinajstić information content (AvgIpc) is 3.98. The highest BCUT2D eigenvalue weighted by Gasteiger charge is 2.28. The predicted octanol–water partition coefficient (Wildman–Crippen LogP) is 14.4. The van der Waals surface area contributed by atoms with Gasteiger partial charge < -0.3 is 4.42 Å². The highest BCUT2D eigenvalue weighted by atomic mass is 32.1. The summed E-state index contributed by atoms with van der Waals surface area (Å²) in [5.41, 5.74) is 9.55. The molecule has 0 fully saturated rings. The van der Waals surface area contributed by atoms with Gasteiger partial charge in [-0.3, -0.25) is 0 Å². The molecule has 0 radical (unpaired) electrons. The van der Waals surface area contributed by atoms with E-state index in [1.807, 2.05) is 17.4 Å². The van der Waals surface area contributed by atoms with E-state index in [0.717, 1.165) is 63.0 Å². The molecule has 12 rings (SSSR count). The molecule has 57 heavy (non-hydrogen) atoms. The van der Waals surface area contributed by atoms with Crippen molar-refractivity contribution in [1.29, 1.82) is 0 Å². The Hall–Kier alpha value is -6.73. The van der Waals surface area contributed by atoms with Crippen molar-refractivity contribution in [3.05, 3.63) is 181 Å². The first kappa shape index (κ1) is 32.5. The number of allylic oxidation sites excluding steroid dienone is 1. The van der Waals surface area contributed by atoms with E-state index >= 15 is 0 Å². The number of nitrogens with zero attached hydrogens (tertiary/aromatic N) is 3. The van der Waals surface area contributed by atoms with Crippen molar-refractivity contribution in [3.8, 4) is 45.0 Å². The monoisotopic (exact) mass is 765 g/mol. The zero-order chi connectivity index (χ0) is 37.5. The second kappa shape index (κ2) is 12.9. The lowest BCUT2D eigenvalue weighted by molar-refractivity contribution is 0.545. The Kier molecular flexibility index (Phi) is 7.37. The molecule has 1 aliphatic rings. The van der Waals surface area contributed by atoms with E-state index in [-0.39, 0.29) is 0 Å². The van der Waals surface area contributed by atoms with Crippen molar-refractivity contribution < 1.29 is 4.42 Å². The topological polar surface area (TPSA) is 51.8 Å². The van der Waals surface area contributed by atoms with Gasteiger partial charge in [-0.2, -0.15) is 0 Å². The SMILES string of the molecule is C1=C(c2nc(-c3ccc(-c4ccccc4)cc3)nc(-c3cccc4sc5ccccc5c34)n2)c2c(oc3cccc(-c4cccc5sc6ccccc6c45)c23)CC1. The number of hydrogen-bond acceptors (Lipinski definition) is 6. The maximum absolute atomic E-state index is 6.76. The van der Waals surface area contributed by atoms with Gasteiger partial charge in [0.15, 0.2) is 17.5 Å². The number of furan rings is 1. The second-order valence-electron chi connectivity index (χ2n) is 14.5.